The summed E-state index contributed by atoms with van der Waals surface area (Å²) in [6.45, 7) is 0.190. The van der Waals surface area contributed by atoms with Gasteiger partial charge in [-0.05, 0) is 17.7 Å². The van der Waals surface area contributed by atoms with E-state index in [0.717, 1.165) is 5.75 Å². The molecule has 2 aromatic carbocycles. The van der Waals surface area contributed by atoms with Gasteiger partial charge < -0.3 is 20.1 Å². The summed E-state index contributed by atoms with van der Waals surface area (Å²) in [6, 6.07) is 15.1. The normalized spacial score (nSPS) is 20.5. The zero-order valence-electron chi connectivity index (χ0n) is 15.1. The fourth-order valence-corrected chi connectivity index (χ4v) is 4.18. The number of fused-ring (bicyclic) bond motifs is 1. The zero-order chi connectivity index (χ0) is 19.3. The van der Waals surface area contributed by atoms with Crippen LogP contribution < -0.4 is 25.4 Å². The summed E-state index contributed by atoms with van der Waals surface area (Å²) in [5.41, 5.74) is 1.61. The second-order valence-corrected chi connectivity index (χ2v) is 7.73. The van der Waals surface area contributed by atoms with Crippen molar-refractivity contribution in [2.75, 3.05) is 12.1 Å². The maximum Gasteiger partial charge on any atom is 0.231 e. The smallest absolute Gasteiger partial charge is 0.231 e. The van der Waals surface area contributed by atoms with Gasteiger partial charge in [-0.15, -0.1) is 11.8 Å². The van der Waals surface area contributed by atoms with Crippen LogP contribution in [0.3, 0.4) is 0 Å². The maximum atomic E-state index is 12.4. The van der Waals surface area contributed by atoms with Crippen molar-refractivity contribution in [1.29, 1.82) is 0 Å². The minimum Gasteiger partial charge on any atom is -0.454 e. The van der Waals surface area contributed by atoms with E-state index in [1.165, 1.54) is 5.56 Å². The van der Waals surface area contributed by atoms with Crippen LogP contribution in [0.25, 0.3) is 0 Å². The third-order valence-electron chi connectivity index (χ3n) is 4.46. The Kier molecular flexibility index (Phi) is 5.68. The van der Waals surface area contributed by atoms with Gasteiger partial charge in [0.05, 0.1) is 0 Å². The van der Waals surface area contributed by atoms with Gasteiger partial charge in [-0.2, -0.15) is 0 Å². The van der Waals surface area contributed by atoms with Crippen molar-refractivity contribution in [3.05, 3.63) is 54.1 Å². The average molecular weight is 399 g/mol. The molecule has 4 rings (SSSR count). The standard InChI is InChI=1S/C20H21N3O4S/c24-18(21-14-6-7-16-17(8-14)27-12-26-16)9-15-10-19(25)23-20(22-15)28-11-13-4-2-1-3-5-13/h1-8,15,20,22H,9-12H2,(H,21,24)(H,23,25). The van der Waals surface area contributed by atoms with Gasteiger partial charge in [0.2, 0.25) is 18.6 Å². The molecule has 2 unspecified atom stereocenters. The molecule has 2 aliphatic heterocycles. The lowest BCUT2D eigenvalue weighted by Gasteiger charge is -2.31. The van der Waals surface area contributed by atoms with Gasteiger partial charge in [0.15, 0.2) is 11.5 Å². The second kappa shape index (κ2) is 8.53. The van der Waals surface area contributed by atoms with Crippen LogP contribution in [-0.4, -0.2) is 30.1 Å². The summed E-state index contributed by atoms with van der Waals surface area (Å²) in [4.78, 5) is 24.4. The van der Waals surface area contributed by atoms with Crippen molar-refractivity contribution in [2.24, 2.45) is 0 Å². The summed E-state index contributed by atoms with van der Waals surface area (Å²) in [6.07, 6.45) is 0.487. The van der Waals surface area contributed by atoms with E-state index in [1.54, 1.807) is 30.0 Å². The summed E-state index contributed by atoms with van der Waals surface area (Å²) in [5.74, 6) is 1.85. The first-order valence-corrected chi connectivity index (χ1v) is 10.1. The number of benzene rings is 2. The Morgan fingerprint density at radius 2 is 1.96 bits per heavy atom. The molecule has 3 N–H and O–H groups in total. The van der Waals surface area contributed by atoms with Crippen LogP contribution in [0.5, 0.6) is 11.5 Å². The van der Waals surface area contributed by atoms with Gasteiger partial charge in [0.1, 0.15) is 5.50 Å². The summed E-state index contributed by atoms with van der Waals surface area (Å²) >= 11 is 1.60. The lowest BCUT2D eigenvalue weighted by Crippen LogP contribution is -2.55. The predicted octanol–water partition coefficient (Wildman–Crippen LogP) is 2.44. The molecule has 7 nitrogen and oxygen atoms in total. The third kappa shape index (κ3) is 4.76. The van der Waals surface area contributed by atoms with Gasteiger partial charge in [0.25, 0.3) is 0 Å². The van der Waals surface area contributed by atoms with Crippen molar-refractivity contribution >= 4 is 29.3 Å². The van der Waals surface area contributed by atoms with E-state index >= 15 is 0 Å². The maximum absolute atomic E-state index is 12.4. The van der Waals surface area contributed by atoms with E-state index in [0.29, 0.717) is 17.2 Å². The Morgan fingerprint density at radius 3 is 2.82 bits per heavy atom. The number of nitrogens with one attached hydrogen (secondary N) is 3. The SMILES string of the molecule is O=C(CC1CC(=O)NC(SCc2ccccc2)N1)Nc1ccc2c(c1)OCO2. The minimum absolute atomic E-state index is 0.0507. The van der Waals surface area contributed by atoms with Crippen LogP contribution in [-0.2, 0) is 15.3 Å². The van der Waals surface area contributed by atoms with Crippen LogP contribution in [0.15, 0.2) is 48.5 Å². The Hall–Kier alpha value is -2.71. The van der Waals surface area contributed by atoms with E-state index in [4.69, 9.17) is 9.47 Å². The highest BCUT2D eigenvalue weighted by Crippen LogP contribution is 2.34. The molecular weight excluding hydrogens is 378 g/mol. The molecule has 2 heterocycles. The van der Waals surface area contributed by atoms with E-state index in [9.17, 15) is 9.59 Å². The highest BCUT2D eigenvalue weighted by Gasteiger charge is 2.27. The summed E-state index contributed by atoms with van der Waals surface area (Å²) in [7, 11) is 0. The molecule has 0 bridgehead atoms. The number of carbonyl (C=O) groups excluding carboxylic acids is 2. The lowest BCUT2D eigenvalue weighted by atomic mass is 10.1. The number of carbonyl (C=O) groups is 2. The fraction of sp³-hybridized carbons (Fsp3) is 0.300. The topological polar surface area (TPSA) is 88.7 Å². The first-order chi connectivity index (χ1) is 13.7. The molecule has 0 aliphatic carbocycles. The molecule has 28 heavy (non-hydrogen) atoms. The molecule has 1 saturated heterocycles. The van der Waals surface area contributed by atoms with Gasteiger partial charge in [0, 0.05) is 36.4 Å². The number of hydrogen-bond acceptors (Lipinski definition) is 6. The number of anilines is 1. The van der Waals surface area contributed by atoms with Gasteiger partial charge >= 0.3 is 0 Å². The molecule has 0 spiro atoms. The van der Waals surface area contributed by atoms with E-state index in [1.807, 2.05) is 30.3 Å². The van der Waals surface area contributed by atoms with Crippen molar-refractivity contribution in [1.82, 2.24) is 10.6 Å². The first kappa shape index (κ1) is 18.6. The molecule has 0 saturated carbocycles. The number of amides is 2. The van der Waals surface area contributed by atoms with E-state index in [2.05, 4.69) is 16.0 Å². The summed E-state index contributed by atoms with van der Waals surface area (Å²) < 4.78 is 10.6. The molecule has 8 heteroatoms. The van der Waals surface area contributed by atoms with Crippen LogP contribution in [0.2, 0.25) is 0 Å². The molecule has 0 aromatic heterocycles. The number of thioether (sulfide) groups is 1. The monoisotopic (exact) mass is 399 g/mol. The molecule has 1 fully saturated rings. The predicted molar refractivity (Wildman–Crippen MR) is 107 cm³/mol. The Bertz CT molecular complexity index is 862. The van der Waals surface area contributed by atoms with Crippen LogP contribution >= 0.6 is 11.8 Å². The lowest BCUT2D eigenvalue weighted by molar-refractivity contribution is -0.124. The average Bonchev–Trinajstić information content (AvgIpc) is 3.14. The number of rotatable bonds is 6. The Balaban J connectivity index is 1.29. The number of hydrogen-bond donors (Lipinski definition) is 3. The van der Waals surface area contributed by atoms with E-state index in [-0.39, 0.29) is 43.0 Å². The van der Waals surface area contributed by atoms with Crippen LogP contribution in [0, 0.1) is 0 Å². The van der Waals surface area contributed by atoms with Crippen molar-refractivity contribution in [3.8, 4) is 11.5 Å². The highest BCUT2D eigenvalue weighted by molar-refractivity contribution is 7.99. The molecule has 146 valence electrons. The van der Waals surface area contributed by atoms with Crippen molar-refractivity contribution in [2.45, 2.75) is 30.1 Å². The van der Waals surface area contributed by atoms with Crippen LogP contribution in [0.4, 0.5) is 5.69 Å². The Labute approximate surface area is 167 Å². The molecule has 0 radical (unpaired) electrons. The second-order valence-electron chi connectivity index (χ2n) is 6.63. The Morgan fingerprint density at radius 1 is 1.14 bits per heavy atom. The van der Waals surface area contributed by atoms with Gasteiger partial charge in [-0.25, -0.2) is 0 Å². The van der Waals surface area contributed by atoms with Crippen molar-refractivity contribution in [3.63, 3.8) is 0 Å². The highest BCUT2D eigenvalue weighted by atomic mass is 32.2. The molecule has 2 atom stereocenters. The quantitative estimate of drug-likeness (QED) is 0.692. The molecule has 2 aromatic rings. The van der Waals surface area contributed by atoms with Crippen LogP contribution in [0.1, 0.15) is 18.4 Å². The van der Waals surface area contributed by atoms with Gasteiger partial charge in [-0.1, -0.05) is 30.3 Å². The zero-order valence-corrected chi connectivity index (χ0v) is 16.0. The fourth-order valence-electron chi connectivity index (χ4n) is 3.13. The van der Waals surface area contributed by atoms with Crippen molar-refractivity contribution < 1.29 is 19.1 Å². The third-order valence-corrected chi connectivity index (χ3v) is 5.55. The molecular formula is C20H21N3O4S. The minimum atomic E-state index is -0.218. The first-order valence-electron chi connectivity index (χ1n) is 9.06. The van der Waals surface area contributed by atoms with Gasteiger partial charge in [-0.3, -0.25) is 14.9 Å². The molecule has 2 aliphatic rings. The van der Waals surface area contributed by atoms with E-state index < -0.39 is 0 Å². The largest absolute Gasteiger partial charge is 0.454 e. The summed E-state index contributed by atoms with van der Waals surface area (Å²) in [5, 5.41) is 9.11. The molecule has 2 amide bonds. The number of ether oxygens (including phenoxy) is 2.